The van der Waals surface area contributed by atoms with Crippen molar-refractivity contribution in [3.63, 3.8) is 0 Å². The van der Waals surface area contributed by atoms with Gasteiger partial charge in [0, 0.05) is 28.4 Å². The number of hydrogen-bond acceptors (Lipinski definition) is 5. The Labute approximate surface area is 199 Å². The normalized spacial score (nSPS) is 11.1. The van der Waals surface area contributed by atoms with E-state index in [1.807, 2.05) is 13.8 Å². The maximum atomic E-state index is 13.7. The summed E-state index contributed by atoms with van der Waals surface area (Å²) in [5, 5.41) is 3.41. The second kappa shape index (κ2) is 9.52. The van der Waals surface area contributed by atoms with Crippen LogP contribution in [0.3, 0.4) is 0 Å². The van der Waals surface area contributed by atoms with Gasteiger partial charge in [-0.05, 0) is 49.7 Å². The number of amides is 1. The van der Waals surface area contributed by atoms with Gasteiger partial charge in [0.2, 0.25) is 5.91 Å². The second-order valence-corrected chi connectivity index (χ2v) is 8.45. The van der Waals surface area contributed by atoms with Gasteiger partial charge in [0.25, 0.3) is 5.56 Å². The first-order valence-corrected chi connectivity index (χ1v) is 10.9. The van der Waals surface area contributed by atoms with Gasteiger partial charge in [0.05, 0.1) is 10.9 Å². The molecule has 4 aromatic rings. The summed E-state index contributed by atoms with van der Waals surface area (Å²) >= 11 is 6.14. The topological polar surface area (TPSA) is 93.9 Å². The highest BCUT2D eigenvalue weighted by molar-refractivity contribution is 6.30. The molecular formula is C25H20ClFN4O3. The summed E-state index contributed by atoms with van der Waals surface area (Å²) in [6, 6.07) is 12.3. The Morgan fingerprint density at radius 3 is 2.65 bits per heavy atom. The highest BCUT2D eigenvalue weighted by Crippen LogP contribution is 2.25. The van der Waals surface area contributed by atoms with E-state index in [2.05, 4.69) is 15.3 Å². The zero-order valence-electron chi connectivity index (χ0n) is 18.4. The Bertz CT molecular complexity index is 1480. The summed E-state index contributed by atoms with van der Waals surface area (Å²) in [5.41, 5.74) is 1.19. The number of benzene rings is 2. The zero-order chi connectivity index (χ0) is 24.4. The van der Waals surface area contributed by atoms with Crippen LogP contribution in [0.1, 0.15) is 24.2 Å². The van der Waals surface area contributed by atoms with Gasteiger partial charge < -0.3 is 5.32 Å². The summed E-state index contributed by atoms with van der Waals surface area (Å²) in [6.45, 7) is 3.39. The number of carbonyl (C=O) groups is 2. The molecule has 0 aliphatic heterocycles. The minimum atomic E-state index is -0.640. The molecule has 9 heteroatoms. The Morgan fingerprint density at radius 2 is 1.94 bits per heavy atom. The molecule has 172 valence electrons. The predicted molar refractivity (Wildman–Crippen MR) is 128 cm³/mol. The highest BCUT2D eigenvalue weighted by Gasteiger charge is 2.18. The van der Waals surface area contributed by atoms with Gasteiger partial charge >= 0.3 is 0 Å². The Morgan fingerprint density at radius 1 is 1.15 bits per heavy atom. The van der Waals surface area contributed by atoms with Crippen molar-refractivity contribution in [3.8, 4) is 22.5 Å². The van der Waals surface area contributed by atoms with Crippen LogP contribution in [-0.4, -0.2) is 32.8 Å². The van der Waals surface area contributed by atoms with Crippen molar-refractivity contribution in [2.24, 2.45) is 0 Å². The number of aldehydes is 1. The number of aromatic nitrogens is 3. The molecule has 0 radical (unpaired) electrons. The Hall–Kier alpha value is -3.91. The summed E-state index contributed by atoms with van der Waals surface area (Å²) in [5.74, 6) is -0.733. The molecule has 0 fully saturated rings. The van der Waals surface area contributed by atoms with Crippen LogP contribution < -0.4 is 10.9 Å². The van der Waals surface area contributed by atoms with E-state index >= 15 is 0 Å². The fourth-order valence-electron chi connectivity index (χ4n) is 3.58. The van der Waals surface area contributed by atoms with Gasteiger partial charge in [-0.15, -0.1) is 0 Å². The van der Waals surface area contributed by atoms with E-state index in [1.54, 1.807) is 30.3 Å². The number of pyridine rings is 1. The summed E-state index contributed by atoms with van der Waals surface area (Å²) in [7, 11) is 0. The number of fused-ring (bicyclic) bond motifs is 1. The second-order valence-electron chi connectivity index (χ2n) is 8.01. The smallest absolute Gasteiger partial charge is 0.263 e. The van der Waals surface area contributed by atoms with Crippen molar-refractivity contribution in [1.82, 2.24) is 19.9 Å². The van der Waals surface area contributed by atoms with Crippen molar-refractivity contribution >= 4 is 34.8 Å². The van der Waals surface area contributed by atoms with Gasteiger partial charge in [0.15, 0.2) is 11.9 Å². The molecule has 0 saturated carbocycles. The minimum Gasteiger partial charge on any atom is -0.352 e. The van der Waals surface area contributed by atoms with Gasteiger partial charge in [-0.2, -0.15) is 0 Å². The molecular weight excluding hydrogens is 459 g/mol. The first kappa shape index (κ1) is 23.3. The van der Waals surface area contributed by atoms with Crippen LogP contribution in [0.15, 0.2) is 59.5 Å². The SMILES string of the molecule is CC(C)NC(=O)Cn1c(-c2cccc(Cl)c2)nc2ncc(-c3ccc(F)c(C=O)c3)cc2c1=O. The van der Waals surface area contributed by atoms with Crippen LogP contribution in [0.4, 0.5) is 4.39 Å². The average Bonchev–Trinajstić information content (AvgIpc) is 2.80. The first-order valence-electron chi connectivity index (χ1n) is 10.5. The molecule has 0 spiro atoms. The van der Waals surface area contributed by atoms with E-state index in [0.29, 0.717) is 28.0 Å². The van der Waals surface area contributed by atoms with Crippen molar-refractivity contribution in [2.45, 2.75) is 26.4 Å². The molecule has 1 amide bonds. The highest BCUT2D eigenvalue weighted by atomic mass is 35.5. The molecule has 2 aromatic carbocycles. The molecule has 2 aromatic heterocycles. The van der Waals surface area contributed by atoms with Crippen molar-refractivity contribution in [1.29, 1.82) is 0 Å². The molecule has 4 rings (SSSR count). The van der Waals surface area contributed by atoms with E-state index < -0.39 is 11.4 Å². The Balaban J connectivity index is 1.91. The van der Waals surface area contributed by atoms with Crippen molar-refractivity contribution in [2.75, 3.05) is 0 Å². The standard InChI is InChI=1S/C25H20ClFN4O3/c1-14(2)29-22(33)12-31-24(16-4-3-5-19(26)9-16)30-23-20(25(31)34)10-17(11-28-23)15-6-7-21(27)18(8-15)13-32/h3-11,13-14H,12H2,1-2H3,(H,29,33). The van der Waals surface area contributed by atoms with Gasteiger partial charge in [-0.25, -0.2) is 14.4 Å². The van der Waals surface area contributed by atoms with E-state index in [0.717, 1.165) is 0 Å². The molecule has 0 unspecified atom stereocenters. The fourth-order valence-corrected chi connectivity index (χ4v) is 3.77. The van der Waals surface area contributed by atoms with Crippen molar-refractivity contribution < 1.29 is 14.0 Å². The fraction of sp³-hybridized carbons (Fsp3) is 0.160. The lowest BCUT2D eigenvalue weighted by Crippen LogP contribution is -2.37. The van der Waals surface area contributed by atoms with E-state index in [9.17, 15) is 18.8 Å². The first-order chi connectivity index (χ1) is 16.3. The molecule has 0 bridgehead atoms. The van der Waals surface area contributed by atoms with Crippen LogP contribution in [0.25, 0.3) is 33.5 Å². The quantitative estimate of drug-likeness (QED) is 0.418. The molecule has 0 aliphatic carbocycles. The molecule has 1 N–H and O–H groups in total. The lowest BCUT2D eigenvalue weighted by atomic mass is 10.0. The average molecular weight is 479 g/mol. The minimum absolute atomic E-state index is 0.102. The maximum absolute atomic E-state index is 13.7. The summed E-state index contributed by atoms with van der Waals surface area (Å²) < 4.78 is 15.0. The Kier molecular flexibility index (Phi) is 6.51. The molecule has 0 saturated heterocycles. The van der Waals surface area contributed by atoms with E-state index in [1.165, 1.54) is 29.0 Å². The molecule has 2 heterocycles. The van der Waals surface area contributed by atoms with Gasteiger partial charge in [-0.1, -0.05) is 29.8 Å². The number of nitrogens with zero attached hydrogens (tertiary/aromatic N) is 3. The van der Waals surface area contributed by atoms with Crippen LogP contribution in [0, 0.1) is 5.82 Å². The van der Waals surface area contributed by atoms with E-state index in [4.69, 9.17) is 11.6 Å². The number of carbonyl (C=O) groups excluding carboxylic acids is 2. The number of halogens is 2. The lowest BCUT2D eigenvalue weighted by molar-refractivity contribution is -0.122. The van der Waals surface area contributed by atoms with Crippen LogP contribution >= 0.6 is 11.6 Å². The third-order valence-electron chi connectivity index (χ3n) is 5.10. The van der Waals surface area contributed by atoms with Gasteiger partial charge in [0.1, 0.15) is 18.2 Å². The van der Waals surface area contributed by atoms with Crippen LogP contribution in [0.5, 0.6) is 0 Å². The van der Waals surface area contributed by atoms with Crippen LogP contribution in [0.2, 0.25) is 5.02 Å². The zero-order valence-corrected chi connectivity index (χ0v) is 19.1. The van der Waals surface area contributed by atoms with Gasteiger partial charge in [-0.3, -0.25) is 19.0 Å². The van der Waals surface area contributed by atoms with E-state index in [-0.39, 0.29) is 40.9 Å². The third-order valence-corrected chi connectivity index (χ3v) is 5.34. The van der Waals surface area contributed by atoms with Crippen LogP contribution in [-0.2, 0) is 11.3 Å². The maximum Gasteiger partial charge on any atom is 0.263 e. The third kappa shape index (κ3) is 4.72. The molecule has 0 aliphatic rings. The van der Waals surface area contributed by atoms with Crippen molar-refractivity contribution in [3.05, 3.63) is 81.5 Å². The lowest BCUT2D eigenvalue weighted by Gasteiger charge is -2.15. The molecule has 7 nitrogen and oxygen atoms in total. The predicted octanol–water partition coefficient (Wildman–Crippen LogP) is 4.26. The number of rotatable bonds is 6. The number of hydrogen-bond donors (Lipinski definition) is 1. The monoisotopic (exact) mass is 478 g/mol. The summed E-state index contributed by atoms with van der Waals surface area (Å²) in [6.07, 6.45) is 1.92. The number of nitrogens with one attached hydrogen (secondary N) is 1. The largest absolute Gasteiger partial charge is 0.352 e. The molecule has 0 atom stereocenters. The summed E-state index contributed by atoms with van der Waals surface area (Å²) in [4.78, 5) is 46.1. The molecule has 34 heavy (non-hydrogen) atoms.